The van der Waals surface area contributed by atoms with Crippen LogP contribution in [0.1, 0.15) is 28.3 Å². The number of aromatic nitrogens is 1. The number of anilines is 1. The third kappa shape index (κ3) is 4.01. The molecule has 0 saturated carbocycles. The lowest BCUT2D eigenvalue weighted by Crippen LogP contribution is -2.21. The third-order valence-electron chi connectivity index (χ3n) is 5.19. The van der Waals surface area contributed by atoms with Gasteiger partial charge in [0.05, 0.1) is 31.2 Å². The van der Waals surface area contributed by atoms with E-state index in [-0.39, 0.29) is 11.5 Å². The Balaban J connectivity index is 1.53. The Hall–Kier alpha value is -3.54. The van der Waals surface area contributed by atoms with Crippen LogP contribution in [0.25, 0.3) is 11.1 Å². The normalized spacial score (nSPS) is 15.1. The average molecular weight is 390 g/mol. The highest BCUT2D eigenvalue weighted by atomic mass is 16.5. The summed E-state index contributed by atoms with van der Waals surface area (Å²) >= 11 is 0. The van der Waals surface area contributed by atoms with Crippen LogP contribution in [0.5, 0.6) is 11.5 Å². The molecule has 0 aliphatic carbocycles. The maximum Gasteiger partial charge on any atom is 0.337 e. The second-order valence-corrected chi connectivity index (χ2v) is 6.92. The molecule has 1 aliphatic heterocycles. The van der Waals surface area contributed by atoms with E-state index in [1.54, 1.807) is 13.3 Å². The number of aromatic carboxylic acids is 1. The van der Waals surface area contributed by atoms with E-state index in [0.29, 0.717) is 18.8 Å². The number of carboxylic acid groups (broad SMARTS) is 1. The minimum absolute atomic E-state index is 0.224. The van der Waals surface area contributed by atoms with Crippen molar-refractivity contribution in [2.75, 3.05) is 25.6 Å². The van der Waals surface area contributed by atoms with Crippen LogP contribution in [-0.2, 0) is 0 Å². The van der Waals surface area contributed by atoms with Crippen LogP contribution in [0.15, 0.2) is 60.9 Å². The molecule has 4 rings (SSSR count). The van der Waals surface area contributed by atoms with Crippen molar-refractivity contribution in [3.8, 4) is 22.6 Å². The standard InChI is InChI=1S/C23H22N2O4/c1-28-18-5-2-15(3-6-18)16-4-7-19-17(9-11-29-22(19)12-16)13-25-21-14-24-10-8-20(21)23(26)27/h2-8,10,12,14,17,25H,9,11,13H2,1H3,(H,26,27)/t17-/m1/s1. The van der Waals surface area contributed by atoms with Crippen LogP contribution in [0.2, 0.25) is 0 Å². The predicted octanol–water partition coefficient (Wildman–Crippen LogP) is 4.43. The van der Waals surface area contributed by atoms with Crippen molar-refractivity contribution in [3.63, 3.8) is 0 Å². The number of hydrogen-bond donors (Lipinski definition) is 2. The number of fused-ring (bicyclic) bond motifs is 1. The number of benzene rings is 2. The molecule has 1 atom stereocenters. The molecule has 6 nitrogen and oxygen atoms in total. The highest BCUT2D eigenvalue weighted by Gasteiger charge is 2.22. The molecule has 2 N–H and O–H groups in total. The Morgan fingerprint density at radius 2 is 2.00 bits per heavy atom. The molecule has 3 aromatic rings. The Morgan fingerprint density at radius 3 is 2.76 bits per heavy atom. The Kier molecular flexibility index (Phi) is 5.33. The second kappa shape index (κ2) is 8.22. The highest BCUT2D eigenvalue weighted by molar-refractivity contribution is 5.93. The average Bonchev–Trinajstić information content (AvgIpc) is 2.77. The summed E-state index contributed by atoms with van der Waals surface area (Å²) in [4.78, 5) is 15.4. The summed E-state index contributed by atoms with van der Waals surface area (Å²) in [6.07, 6.45) is 3.90. The van der Waals surface area contributed by atoms with Gasteiger partial charge in [0.1, 0.15) is 11.5 Å². The maximum absolute atomic E-state index is 11.4. The molecule has 0 bridgehead atoms. The zero-order valence-electron chi connectivity index (χ0n) is 16.1. The fraction of sp³-hybridized carbons (Fsp3) is 0.217. The number of nitrogens with one attached hydrogen (secondary N) is 1. The third-order valence-corrected chi connectivity index (χ3v) is 5.19. The van der Waals surface area contributed by atoms with E-state index < -0.39 is 5.97 Å². The van der Waals surface area contributed by atoms with Crippen LogP contribution in [0, 0.1) is 0 Å². The van der Waals surface area contributed by atoms with Crippen molar-refractivity contribution >= 4 is 11.7 Å². The zero-order valence-corrected chi connectivity index (χ0v) is 16.1. The number of carbonyl (C=O) groups is 1. The van der Waals surface area contributed by atoms with E-state index in [2.05, 4.69) is 28.5 Å². The number of rotatable bonds is 6. The van der Waals surface area contributed by atoms with Crippen molar-refractivity contribution in [2.45, 2.75) is 12.3 Å². The molecule has 148 valence electrons. The van der Waals surface area contributed by atoms with Crippen molar-refractivity contribution in [3.05, 3.63) is 72.1 Å². The van der Waals surface area contributed by atoms with Crippen LogP contribution >= 0.6 is 0 Å². The van der Waals surface area contributed by atoms with Gasteiger partial charge in [-0.3, -0.25) is 4.98 Å². The highest BCUT2D eigenvalue weighted by Crippen LogP contribution is 2.37. The van der Waals surface area contributed by atoms with Gasteiger partial charge in [0, 0.05) is 18.7 Å². The monoisotopic (exact) mass is 390 g/mol. The molecule has 2 aromatic carbocycles. The summed E-state index contributed by atoms with van der Waals surface area (Å²) in [5.41, 5.74) is 4.06. The summed E-state index contributed by atoms with van der Waals surface area (Å²) in [5, 5.41) is 12.6. The molecule has 0 fully saturated rings. The van der Waals surface area contributed by atoms with Gasteiger partial charge in [-0.25, -0.2) is 4.79 Å². The largest absolute Gasteiger partial charge is 0.497 e. The lowest BCUT2D eigenvalue weighted by Gasteiger charge is -2.27. The predicted molar refractivity (Wildman–Crippen MR) is 111 cm³/mol. The number of carboxylic acids is 1. The lowest BCUT2D eigenvalue weighted by molar-refractivity contribution is 0.0697. The Labute approximate surface area is 169 Å². The van der Waals surface area contributed by atoms with E-state index in [0.717, 1.165) is 34.6 Å². The molecular formula is C23H22N2O4. The molecule has 0 radical (unpaired) electrons. The van der Waals surface area contributed by atoms with Gasteiger partial charge in [-0.1, -0.05) is 24.3 Å². The minimum atomic E-state index is -0.966. The van der Waals surface area contributed by atoms with Gasteiger partial charge < -0.3 is 19.9 Å². The molecular weight excluding hydrogens is 368 g/mol. The molecule has 1 aromatic heterocycles. The van der Waals surface area contributed by atoms with E-state index >= 15 is 0 Å². The summed E-state index contributed by atoms with van der Waals surface area (Å²) in [6, 6.07) is 15.7. The van der Waals surface area contributed by atoms with Gasteiger partial charge in [-0.15, -0.1) is 0 Å². The number of hydrogen-bond acceptors (Lipinski definition) is 5. The van der Waals surface area contributed by atoms with Gasteiger partial charge in [0.25, 0.3) is 0 Å². The SMILES string of the molecule is COc1ccc(-c2ccc3c(c2)OCC[C@@H]3CNc2cnccc2C(=O)O)cc1. The van der Waals surface area contributed by atoms with Crippen LogP contribution in [0.3, 0.4) is 0 Å². The summed E-state index contributed by atoms with van der Waals surface area (Å²) < 4.78 is 11.1. The van der Waals surface area contributed by atoms with Crippen molar-refractivity contribution in [2.24, 2.45) is 0 Å². The molecule has 0 amide bonds. The van der Waals surface area contributed by atoms with Gasteiger partial charge in [-0.2, -0.15) is 0 Å². The second-order valence-electron chi connectivity index (χ2n) is 6.92. The van der Waals surface area contributed by atoms with Gasteiger partial charge in [-0.05, 0) is 47.4 Å². The van der Waals surface area contributed by atoms with Gasteiger partial charge >= 0.3 is 5.97 Å². The zero-order chi connectivity index (χ0) is 20.2. The minimum Gasteiger partial charge on any atom is -0.497 e. The molecule has 0 spiro atoms. The van der Waals surface area contributed by atoms with Crippen LogP contribution in [0.4, 0.5) is 5.69 Å². The maximum atomic E-state index is 11.4. The van der Waals surface area contributed by atoms with Gasteiger partial charge in [0.2, 0.25) is 0 Å². The van der Waals surface area contributed by atoms with E-state index in [9.17, 15) is 9.90 Å². The van der Waals surface area contributed by atoms with Crippen molar-refractivity contribution in [1.29, 1.82) is 0 Å². The van der Waals surface area contributed by atoms with Crippen molar-refractivity contribution < 1.29 is 19.4 Å². The fourth-order valence-electron chi connectivity index (χ4n) is 3.59. The number of nitrogens with zero attached hydrogens (tertiary/aromatic N) is 1. The number of pyridine rings is 1. The molecule has 29 heavy (non-hydrogen) atoms. The van der Waals surface area contributed by atoms with Crippen LogP contribution in [-0.4, -0.2) is 36.3 Å². The first-order valence-electron chi connectivity index (χ1n) is 9.48. The van der Waals surface area contributed by atoms with Crippen molar-refractivity contribution in [1.82, 2.24) is 4.98 Å². The molecule has 6 heteroatoms. The molecule has 2 heterocycles. The summed E-state index contributed by atoms with van der Waals surface area (Å²) in [7, 11) is 1.65. The smallest absolute Gasteiger partial charge is 0.337 e. The quantitative estimate of drug-likeness (QED) is 0.648. The van der Waals surface area contributed by atoms with E-state index in [1.165, 1.54) is 12.3 Å². The summed E-state index contributed by atoms with van der Waals surface area (Å²) in [6.45, 7) is 1.24. The van der Waals surface area contributed by atoms with E-state index in [1.807, 2.05) is 24.3 Å². The Morgan fingerprint density at radius 1 is 1.21 bits per heavy atom. The van der Waals surface area contributed by atoms with Gasteiger partial charge in [0.15, 0.2) is 0 Å². The topological polar surface area (TPSA) is 80.7 Å². The Bertz CT molecular complexity index is 1020. The molecule has 0 unspecified atom stereocenters. The first-order valence-corrected chi connectivity index (χ1v) is 9.48. The number of methoxy groups -OCH3 is 1. The fourth-order valence-corrected chi connectivity index (χ4v) is 3.59. The van der Waals surface area contributed by atoms with Crippen LogP contribution < -0.4 is 14.8 Å². The lowest BCUT2D eigenvalue weighted by atomic mass is 9.91. The molecule has 1 aliphatic rings. The van der Waals surface area contributed by atoms with E-state index in [4.69, 9.17) is 9.47 Å². The first kappa shape index (κ1) is 18.8. The summed E-state index contributed by atoms with van der Waals surface area (Å²) in [5.74, 6) is 0.961. The number of ether oxygens (including phenoxy) is 2. The first-order chi connectivity index (χ1) is 14.2. The molecule has 0 saturated heterocycles.